The minimum atomic E-state index is -1.94. The van der Waals surface area contributed by atoms with Gasteiger partial charge in [0.15, 0.2) is 11.6 Å². The molecule has 0 aliphatic carbocycles. The van der Waals surface area contributed by atoms with Crippen LogP contribution in [0.3, 0.4) is 0 Å². The monoisotopic (exact) mass is 1200 g/mol. The maximum Gasteiger partial charge on any atom is 0.245 e. The van der Waals surface area contributed by atoms with Gasteiger partial charge < -0.3 is 70.4 Å². The number of primary amides is 5. The number of phenols is 1. The molecule has 0 radical (unpaired) electrons. The van der Waals surface area contributed by atoms with Crippen molar-refractivity contribution in [3.8, 4) is 5.75 Å². The predicted octanol–water partition coefficient (Wildman–Crippen LogP) is -0.814. The molecule has 0 aromatic heterocycles. The number of unbranched alkanes of at least 4 members (excludes halogenated alkanes) is 7. The van der Waals surface area contributed by atoms with Gasteiger partial charge in [-0.15, -0.1) is 0 Å². The van der Waals surface area contributed by atoms with E-state index in [1.54, 1.807) is 0 Å². The molecule has 0 bridgehead atoms. The van der Waals surface area contributed by atoms with Crippen LogP contribution >= 0.6 is 0 Å². The number of nitrogens with two attached hydrogens (primary N) is 5. The van der Waals surface area contributed by atoms with Crippen LogP contribution in [0.25, 0.3) is 0 Å². The molecule has 2 heterocycles. The lowest BCUT2D eigenvalue weighted by molar-refractivity contribution is -0.143. The van der Waals surface area contributed by atoms with Crippen LogP contribution in [0, 0.1) is 23.7 Å². The van der Waals surface area contributed by atoms with Crippen molar-refractivity contribution in [3.63, 3.8) is 0 Å². The summed E-state index contributed by atoms with van der Waals surface area (Å²) in [5.41, 5.74) is 27.9. The zero-order valence-corrected chi connectivity index (χ0v) is 48.9. The van der Waals surface area contributed by atoms with Gasteiger partial charge in [-0.3, -0.25) is 67.1 Å². The van der Waals surface area contributed by atoms with Crippen molar-refractivity contribution in [2.45, 2.75) is 204 Å². The minimum Gasteiger partial charge on any atom is -0.508 e. The van der Waals surface area contributed by atoms with Crippen LogP contribution in [0.15, 0.2) is 24.3 Å². The molecule has 1 aromatic rings. The number of phenolic OH excluding ortho intramolecular Hbond substituents is 1. The fourth-order valence-electron chi connectivity index (χ4n) is 10.6. The van der Waals surface area contributed by atoms with E-state index >= 15 is 0 Å². The summed E-state index contributed by atoms with van der Waals surface area (Å²) in [6, 6.07) is -4.56. The third-order valence-corrected chi connectivity index (χ3v) is 15.5. The van der Waals surface area contributed by atoms with Crippen molar-refractivity contribution in [3.05, 3.63) is 29.8 Å². The van der Waals surface area contributed by atoms with Crippen LogP contribution in [-0.2, 0) is 73.5 Å². The number of Topliss-reactive ketones (excluding diaryl/α,β-unsaturated/α-hetero) is 3. The van der Waals surface area contributed by atoms with Gasteiger partial charge in [-0.2, -0.15) is 0 Å². The van der Waals surface area contributed by atoms with E-state index in [2.05, 4.69) is 40.4 Å². The number of aliphatic hydroxyl groups is 1. The highest BCUT2D eigenvalue weighted by atomic mass is 16.3. The number of aromatic hydroxyl groups is 1. The summed E-state index contributed by atoms with van der Waals surface area (Å²) in [6.45, 7) is 3.17. The molecular weight excluding hydrogens is 1110 g/mol. The molecule has 2 unspecified atom stereocenters. The molecule has 17 N–H and O–H groups in total. The zero-order valence-electron chi connectivity index (χ0n) is 48.9. The lowest BCUT2D eigenvalue weighted by Crippen LogP contribution is -2.58. The van der Waals surface area contributed by atoms with Gasteiger partial charge >= 0.3 is 0 Å². The molecule has 2 saturated heterocycles. The normalized spacial score (nSPS) is 24.3. The largest absolute Gasteiger partial charge is 0.508 e. The first kappa shape index (κ1) is 71.4. The van der Waals surface area contributed by atoms with E-state index < -0.39 is 201 Å². The Balaban J connectivity index is 2.15. The third kappa shape index (κ3) is 26.3. The van der Waals surface area contributed by atoms with E-state index in [1.165, 1.54) is 30.7 Å². The molecule has 0 spiro atoms. The Kier molecular flexibility index (Phi) is 30.9. The number of aliphatic hydroxyl groups excluding tert-OH is 1. The Hall–Kier alpha value is -7.84. The van der Waals surface area contributed by atoms with E-state index in [0.29, 0.717) is 24.3 Å². The number of nitrogens with zero attached hydrogens (tertiary/aromatic N) is 1. The topological polar surface area (TPSA) is 473 Å². The number of ketones is 3. The molecule has 85 heavy (non-hydrogen) atoms. The summed E-state index contributed by atoms with van der Waals surface area (Å²) >= 11 is 0. The molecular formula is C58H89N11O16. The van der Waals surface area contributed by atoms with Crippen LogP contribution in [0.1, 0.15) is 167 Å². The van der Waals surface area contributed by atoms with Gasteiger partial charge in [0.25, 0.3) is 0 Å². The Morgan fingerprint density at radius 3 is 1.61 bits per heavy atom. The van der Waals surface area contributed by atoms with Gasteiger partial charge in [0.1, 0.15) is 35.7 Å². The molecule has 2 aliphatic heterocycles. The maximum atomic E-state index is 14.6. The third-order valence-electron chi connectivity index (χ3n) is 15.5. The first-order valence-electron chi connectivity index (χ1n) is 29.4. The van der Waals surface area contributed by atoms with Crippen molar-refractivity contribution >= 4 is 82.3 Å². The van der Waals surface area contributed by atoms with Crippen molar-refractivity contribution < 1.29 is 77.3 Å². The Bertz CT molecular complexity index is 2530. The van der Waals surface area contributed by atoms with Crippen LogP contribution in [0.4, 0.5) is 0 Å². The second-order valence-electron chi connectivity index (χ2n) is 22.7. The highest BCUT2D eigenvalue weighted by Gasteiger charge is 2.41. The van der Waals surface area contributed by atoms with Gasteiger partial charge in [-0.25, -0.2) is 0 Å². The highest BCUT2D eigenvalue weighted by Crippen LogP contribution is 2.26. The lowest BCUT2D eigenvalue weighted by atomic mass is 9.85. The standard InChI is InChI=1S/C58H89N11O16/c1-3-33(2)13-10-8-6-4-5-7-9-11-14-35-23-39(72)26-36(28-49(60)76)53(80)64-40(20-21-48(59)75)58(85)69-22-12-15-45(69)57(84)66-41(24-34-16-18-38(71)19-17-34)47(74)27-37(29-50(61)77)54(81)67-43(31-52(63)79)55(82)68-44(32-70)56(83)65-42(30-51(62)78)46(73)25-35/h16-19,33,35-37,40-45,70-71H,3-15,20-32H2,1-2H3,(H2,59,75)(H2,60,76)(H2,61,77)(H2,62,78)(H2,63,79)(H,64,80)(H,65,83)(H,66,84)(H,67,81)(H,68,82)/t33?,35?,36-,37+,40-,41+,42-,43+,44+,45-/m0/s1. The summed E-state index contributed by atoms with van der Waals surface area (Å²) < 4.78 is 0. The van der Waals surface area contributed by atoms with E-state index in [0.717, 1.165) is 49.8 Å². The molecule has 27 nitrogen and oxygen atoms in total. The van der Waals surface area contributed by atoms with Crippen LogP contribution in [-0.4, -0.2) is 147 Å². The van der Waals surface area contributed by atoms with Gasteiger partial charge in [0, 0.05) is 51.5 Å². The molecule has 1 aromatic carbocycles. The quantitative estimate of drug-likeness (QED) is 0.0505. The zero-order chi connectivity index (χ0) is 63.3. The molecule has 2 fully saturated rings. The number of benzene rings is 1. The average Bonchev–Trinajstić information content (AvgIpc) is 4.17. The summed E-state index contributed by atoms with van der Waals surface area (Å²) in [5, 5.41) is 32.2. The second-order valence-corrected chi connectivity index (χ2v) is 22.7. The van der Waals surface area contributed by atoms with Gasteiger partial charge in [-0.1, -0.05) is 90.2 Å². The fraction of sp³-hybridized carbons (Fsp3) is 0.655. The first-order chi connectivity index (χ1) is 40.2. The van der Waals surface area contributed by atoms with Crippen LogP contribution < -0.4 is 55.3 Å². The number of amides is 11. The second kappa shape index (κ2) is 36.8. The van der Waals surface area contributed by atoms with Crippen molar-refractivity contribution in [2.24, 2.45) is 52.3 Å². The predicted molar refractivity (Wildman–Crippen MR) is 307 cm³/mol. The number of carbonyl (C=O) groups is 14. The molecule has 2 aliphatic rings. The molecule has 11 amide bonds. The number of nitrogens with one attached hydrogen (secondary N) is 5. The molecule has 472 valence electrons. The van der Waals surface area contributed by atoms with Crippen molar-refractivity contribution in [1.29, 1.82) is 0 Å². The molecule has 27 heteroatoms. The Labute approximate surface area is 494 Å². The number of rotatable bonds is 26. The molecule has 3 rings (SSSR count). The van der Waals surface area contributed by atoms with Crippen molar-refractivity contribution in [2.75, 3.05) is 13.2 Å². The number of carbonyl (C=O) groups excluding carboxylic acids is 14. The Morgan fingerprint density at radius 1 is 0.553 bits per heavy atom. The summed E-state index contributed by atoms with van der Waals surface area (Å²) in [6.07, 6.45) is 3.46. The number of fused-ring (bicyclic) bond motifs is 1. The van der Waals surface area contributed by atoms with Crippen LogP contribution in [0.5, 0.6) is 5.75 Å². The van der Waals surface area contributed by atoms with E-state index in [1.807, 2.05) is 0 Å². The minimum absolute atomic E-state index is 0.0212. The van der Waals surface area contributed by atoms with Crippen LogP contribution in [0.2, 0.25) is 0 Å². The average molecular weight is 1200 g/mol. The fourth-order valence-corrected chi connectivity index (χ4v) is 10.6. The summed E-state index contributed by atoms with van der Waals surface area (Å²) in [4.78, 5) is 191. The highest BCUT2D eigenvalue weighted by molar-refractivity contribution is 6.01. The van der Waals surface area contributed by atoms with E-state index in [-0.39, 0.29) is 44.4 Å². The van der Waals surface area contributed by atoms with E-state index in [9.17, 15) is 77.3 Å². The molecule has 10 atom stereocenters. The van der Waals surface area contributed by atoms with Gasteiger partial charge in [-0.05, 0) is 61.6 Å². The van der Waals surface area contributed by atoms with Gasteiger partial charge in [0.2, 0.25) is 65.0 Å². The number of hydrogen-bond donors (Lipinski definition) is 12. The van der Waals surface area contributed by atoms with Crippen molar-refractivity contribution in [1.82, 2.24) is 31.5 Å². The summed E-state index contributed by atoms with van der Waals surface area (Å²) in [7, 11) is 0. The smallest absolute Gasteiger partial charge is 0.245 e. The Morgan fingerprint density at radius 2 is 1.05 bits per heavy atom. The SMILES string of the molecule is CCC(C)CCCCCCCCCCC1CC(=O)C[C@@H](CC(N)=O)C(=O)N[C@@H](CCC(N)=O)C(=O)N2CCC[C@H]2C(=O)N[C@H](Cc2ccc(O)cc2)C(=O)C[C@H](CC(N)=O)C(=O)N[C@H](CC(N)=O)C(=O)N[C@H](CO)C(=O)N[C@@H](CC(N)=O)C(=O)C1. The van der Waals surface area contributed by atoms with Gasteiger partial charge in [0.05, 0.1) is 43.4 Å². The first-order valence-corrected chi connectivity index (χ1v) is 29.4. The van der Waals surface area contributed by atoms with E-state index in [4.69, 9.17) is 28.7 Å². The summed E-state index contributed by atoms with van der Waals surface area (Å²) in [5.74, 6) is -17.5. The molecule has 0 saturated carbocycles. The number of hydrogen-bond acceptors (Lipinski definition) is 16. The maximum absolute atomic E-state index is 14.6. The lowest BCUT2D eigenvalue weighted by Gasteiger charge is -2.30.